The molecule has 0 radical (unpaired) electrons. The van der Waals surface area contributed by atoms with Crippen molar-refractivity contribution in [2.24, 2.45) is 0 Å². The summed E-state index contributed by atoms with van der Waals surface area (Å²) in [5, 5.41) is 3.43. The summed E-state index contributed by atoms with van der Waals surface area (Å²) in [6, 6.07) is 6.07. The van der Waals surface area contributed by atoms with Gasteiger partial charge < -0.3 is 10.2 Å². The topological polar surface area (TPSA) is 32.3 Å². The van der Waals surface area contributed by atoms with Crippen molar-refractivity contribution in [2.45, 2.75) is 33.2 Å². The van der Waals surface area contributed by atoms with Gasteiger partial charge in [-0.25, -0.2) is 0 Å². The summed E-state index contributed by atoms with van der Waals surface area (Å²) in [7, 11) is 0. The second kappa shape index (κ2) is 4.73. The summed E-state index contributed by atoms with van der Waals surface area (Å²) in [5.74, 6) is 0.158. The first-order valence-electron chi connectivity index (χ1n) is 6.51. The van der Waals surface area contributed by atoms with Crippen LogP contribution in [0.25, 0.3) is 0 Å². The van der Waals surface area contributed by atoms with Crippen LogP contribution in [-0.4, -0.2) is 36.0 Å². The van der Waals surface area contributed by atoms with E-state index >= 15 is 0 Å². The van der Waals surface area contributed by atoms with Gasteiger partial charge in [-0.05, 0) is 39.3 Å². The number of carbonyl (C=O) groups excluding carboxylic acids is 1. The van der Waals surface area contributed by atoms with Crippen LogP contribution in [0.1, 0.15) is 35.3 Å². The zero-order valence-corrected chi connectivity index (χ0v) is 11.7. The van der Waals surface area contributed by atoms with Crippen LogP contribution in [0, 0.1) is 13.8 Å². The Morgan fingerprint density at radius 1 is 1.33 bits per heavy atom. The van der Waals surface area contributed by atoms with Crippen molar-refractivity contribution >= 4 is 5.91 Å². The molecule has 1 N–H and O–H groups in total. The zero-order valence-electron chi connectivity index (χ0n) is 11.7. The van der Waals surface area contributed by atoms with E-state index in [1.807, 2.05) is 36.9 Å². The monoisotopic (exact) mass is 246 g/mol. The van der Waals surface area contributed by atoms with Crippen molar-refractivity contribution in [3.63, 3.8) is 0 Å². The molecule has 18 heavy (non-hydrogen) atoms. The lowest BCUT2D eigenvalue weighted by Gasteiger charge is -2.39. The molecule has 0 unspecified atom stereocenters. The summed E-state index contributed by atoms with van der Waals surface area (Å²) in [4.78, 5) is 14.5. The number of hydrogen-bond donors (Lipinski definition) is 1. The van der Waals surface area contributed by atoms with E-state index in [0.717, 1.165) is 36.3 Å². The summed E-state index contributed by atoms with van der Waals surface area (Å²) < 4.78 is 0. The minimum absolute atomic E-state index is 0.00560. The molecule has 0 saturated carbocycles. The largest absolute Gasteiger partial charge is 0.336 e. The molecular formula is C15H22N2O. The molecule has 0 bridgehead atoms. The fourth-order valence-electron chi connectivity index (χ4n) is 2.45. The first-order chi connectivity index (χ1) is 8.39. The minimum atomic E-state index is 0.00560. The van der Waals surface area contributed by atoms with Gasteiger partial charge in [-0.15, -0.1) is 0 Å². The van der Waals surface area contributed by atoms with Crippen LogP contribution < -0.4 is 5.32 Å². The maximum absolute atomic E-state index is 12.6. The van der Waals surface area contributed by atoms with E-state index in [1.165, 1.54) is 0 Å². The lowest BCUT2D eigenvalue weighted by Crippen LogP contribution is -2.58. The predicted octanol–water partition coefficient (Wildman–Crippen LogP) is 2.13. The maximum atomic E-state index is 12.6. The third-order valence-electron chi connectivity index (χ3n) is 3.48. The molecule has 0 aromatic heterocycles. The molecule has 1 aromatic rings. The molecule has 1 aliphatic rings. The van der Waals surface area contributed by atoms with Gasteiger partial charge in [-0.1, -0.05) is 17.7 Å². The van der Waals surface area contributed by atoms with E-state index in [9.17, 15) is 4.79 Å². The Hall–Kier alpha value is -1.35. The lowest BCUT2D eigenvalue weighted by molar-refractivity contribution is 0.0651. The average molecular weight is 246 g/mol. The number of aryl methyl sites for hydroxylation is 2. The number of nitrogens with one attached hydrogen (secondary N) is 1. The molecule has 1 heterocycles. The van der Waals surface area contributed by atoms with Crippen molar-refractivity contribution < 1.29 is 4.79 Å². The summed E-state index contributed by atoms with van der Waals surface area (Å²) in [6.45, 7) is 10.7. The fraction of sp³-hybridized carbons (Fsp3) is 0.533. The zero-order chi connectivity index (χ0) is 13.3. The molecule has 1 fully saturated rings. The van der Waals surface area contributed by atoms with Gasteiger partial charge in [0.1, 0.15) is 0 Å². The first kappa shape index (κ1) is 13.1. The van der Waals surface area contributed by atoms with Crippen molar-refractivity contribution in [3.05, 3.63) is 34.9 Å². The second-order valence-electron chi connectivity index (χ2n) is 5.86. The van der Waals surface area contributed by atoms with Crippen LogP contribution in [0.3, 0.4) is 0 Å². The Labute approximate surface area is 109 Å². The average Bonchev–Trinajstić information content (AvgIpc) is 2.30. The van der Waals surface area contributed by atoms with Crippen LogP contribution in [-0.2, 0) is 0 Å². The molecule has 2 rings (SSSR count). The van der Waals surface area contributed by atoms with E-state index in [2.05, 4.69) is 19.2 Å². The van der Waals surface area contributed by atoms with Crippen LogP contribution >= 0.6 is 0 Å². The SMILES string of the molecule is Cc1ccc(C)c(C(=O)N2CCNC(C)(C)C2)c1. The van der Waals surface area contributed by atoms with E-state index in [1.54, 1.807) is 0 Å². The molecule has 1 amide bonds. The van der Waals surface area contributed by atoms with Gasteiger partial charge in [0.25, 0.3) is 5.91 Å². The molecule has 1 aromatic carbocycles. The predicted molar refractivity (Wildman–Crippen MR) is 73.9 cm³/mol. The molecule has 98 valence electrons. The second-order valence-corrected chi connectivity index (χ2v) is 5.86. The number of rotatable bonds is 1. The van der Waals surface area contributed by atoms with Gasteiger partial charge in [-0.2, -0.15) is 0 Å². The number of amides is 1. The van der Waals surface area contributed by atoms with Gasteiger partial charge in [0.15, 0.2) is 0 Å². The molecule has 3 nitrogen and oxygen atoms in total. The molecule has 0 spiro atoms. The quantitative estimate of drug-likeness (QED) is 0.823. The van der Waals surface area contributed by atoms with Gasteiger partial charge in [0.05, 0.1) is 0 Å². The Bertz CT molecular complexity index is 466. The van der Waals surface area contributed by atoms with Gasteiger partial charge in [0, 0.05) is 30.7 Å². The van der Waals surface area contributed by atoms with E-state index in [4.69, 9.17) is 0 Å². The molecule has 1 saturated heterocycles. The molecule has 3 heteroatoms. The number of nitrogens with zero attached hydrogens (tertiary/aromatic N) is 1. The Morgan fingerprint density at radius 3 is 2.72 bits per heavy atom. The molecule has 0 atom stereocenters. The first-order valence-corrected chi connectivity index (χ1v) is 6.51. The van der Waals surface area contributed by atoms with Crippen LogP contribution in [0.15, 0.2) is 18.2 Å². The van der Waals surface area contributed by atoms with E-state index in [-0.39, 0.29) is 11.4 Å². The third-order valence-corrected chi connectivity index (χ3v) is 3.48. The Kier molecular flexibility index (Phi) is 3.44. The van der Waals surface area contributed by atoms with Crippen molar-refractivity contribution in [3.8, 4) is 0 Å². The van der Waals surface area contributed by atoms with Crippen LogP contribution in [0.4, 0.5) is 0 Å². The smallest absolute Gasteiger partial charge is 0.254 e. The highest BCUT2D eigenvalue weighted by atomic mass is 16.2. The maximum Gasteiger partial charge on any atom is 0.254 e. The van der Waals surface area contributed by atoms with E-state index in [0.29, 0.717) is 0 Å². The van der Waals surface area contributed by atoms with Gasteiger partial charge in [0.2, 0.25) is 0 Å². The number of carbonyl (C=O) groups is 1. The van der Waals surface area contributed by atoms with E-state index < -0.39 is 0 Å². The summed E-state index contributed by atoms with van der Waals surface area (Å²) >= 11 is 0. The minimum Gasteiger partial charge on any atom is -0.336 e. The third kappa shape index (κ3) is 2.72. The molecular weight excluding hydrogens is 224 g/mol. The fourth-order valence-corrected chi connectivity index (χ4v) is 2.45. The number of benzene rings is 1. The standard InChI is InChI=1S/C15H22N2O/c1-11-5-6-12(2)13(9-11)14(18)17-8-7-16-15(3,4)10-17/h5-6,9,16H,7-8,10H2,1-4H3. The number of piperazine rings is 1. The van der Waals surface area contributed by atoms with Crippen LogP contribution in [0.2, 0.25) is 0 Å². The molecule has 1 aliphatic heterocycles. The lowest BCUT2D eigenvalue weighted by atomic mass is 9.99. The van der Waals surface area contributed by atoms with Gasteiger partial charge >= 0.3 is 0 Å². The highest BCUT2D eigenvalue weighted by Gasteiger charge is 2.29. The van der Waals surface area contributed by atoms with Crippen molar-refractivity contribution in [1.29, 1.82) is 0 Å². The highest BCUT2D eigenvalue weighted by Crippen LogP contribution is 2.17. The summed E-state index contributed by atoms with van der Waals surface area (Å²) in [5.41, 5.74) is 3.04. The Balaban J connectivity index is 2.23. The summed E-state index contributed by atoms with van der Waals surface area (Å²) in [6.07, 6.45) is 0. The highest BCUT2D eigenvalue weighted by molar-refractivity contribution is 5.96. The molecule has 0 aliphatic carbocycles. The van der Waals surface area contributed by atoms with Crippen molar-refractivity contribution in [1.82, 2.24) is 10.2 Å². The van der Waals surface area contributed by atoms with Gasteiger partial charge in [-0.3, -0.25) is 4.79 Å². The normalized spacial score (nSPS) is 18.8. The Morgan fingerprint density at radius 2 is 2.06 bits per heavy atom. The van der Waals surface area contributed by atoms with Crippen LogP contribution in [0.5, 0.6) is 0 Å². The number of hydrogen-bond acceptors (Lipinski definition) is 2. The van der Waals surface area contributed by atoms with Crippen molar-refractivity contribution in [2.75, 3.05) is 19.6 Å².